The van der Waals surface area contributed by atoms with Crippen LogP contribution in [0.2, 0.25) is 5.02 Å². The third-order valence-electron chi connectivity index (χ3n) is 3.78. The molecule has 0 unspecified atom stereocenters. The van der Waals surface area contributed by atoms with E-state index in [4.69, 9.17) is 16.3 Å². The van der Waals surface area contributed by atoms with Crippen molar-refractivity contribution in [2.24, 2.45) is 0 Å². The Bertz CT molecular complexity index is 768. The van der Waals surface area contributed by atoms with Crippen molar-refractivity contribution in [3.05, 3.63) is 59.4 Å². The van der Waals surface area contributed by atoms with E-state index in [2.05, 4.69) is 4.98 Å². The summed E-state index contributed by atoms with van der Waals surface area (Å²) in [6, 6.07) is 10.7. The van der Waals surface area contributed by atoms with E-state index in [1.807, 2.05) is 24.3 Å². The third-order valence-corrected chi connectivity index (χ3v) is 6.00. The number of morpholine rings is 1. The lowest BCUT2D eigenvalue weighted by molar-refractivity contribution is -0.000490. The van der Waals surface area contributed by atoms with Gasteiger partial charge >= 0.3 is 0 Å². The van der Waals surface area contributed by atoms with E-state index in [-0.39, 0.29) is 11.0 Å². The van der Waals surface area contributed by atoms with Gasteiger partial charge in [-0.3, -0.25) is 4.98 Å². The molecule has 1 aromatic carbocycles. The fourth-order valence-electron chi connectivity index (χ4n) is 2.59. The smallest absolute Gasteiger partial charge is 0.244 e. The van der Waals surface area contributed by atoms with Crippen molar-refractivity contribution >= 4 is 21.6 Å². The summed E-state index contributed by atoms with van der Waals surface area (Å²) in [6.07, 6.45) is 3.29. The van der Waals surface area contributed by atoms with Crippen molar-refractivity contribution in [3.63, 3.8) is 0 Å². The van der Waals surface area contributed by atoms with Crippen LogP contribution in [0.5, 0.6) is 0 Å². The number of nitrogens with zero attached hydrogens (tertiary/aromatic N) is 2. The molecule has 0 radical (unpaired) electrons. The number of aromatic nitrogens is 1. The van der Waals surface area contributed by atoms with Crippen LogP contribution in [0.4, 0.5) is 0 Å². The van der Waals surface area contributed by atoms with Gasteiger partial charge in [-0.1, -0.05) is 29.8 Å². The Morgan fingerprint density at radius 3 is 2.83 bits per heavy atom. The average molecular weight is 353 g/mol. The topological polar surface area (TPSA) is 59.5 Å². The molecule has 0 N–H and O–H groups in total. The highest BCUT2D eigenvalue weighted by Crippen LogP contribution is 2.22. The van der Waals surface area contributed by atoms with Gasteiger partial charge in [-0.15, -0.1) is 0 Å². The largest absolute Gasteiger partial charge is 0.375 e. The maximum Gasteiger partial charge on any atom is 0.244 e. The maximum atomic E-state index is 12.7. The Labute approximate surface area is 140 Å². The van der Waals surface area contributed by atoms with E-state index in [1.54, 1.807) is 18.3 Å². The highest BCUT2D eigenvalue weighted by molar-refractivity contribution is 7.89. The Balaban J connectivity index is 1.75. The van der Waals surface area contributed by atoms with Crippen LogP contribution in [-0.4, -0.2) is 43.5 Å². The van der Waals surface area contributed by atoms with Gasteiger partial charge in [-0.25, -0.2) is 8.42 Å². The fourth-order valence-corrected chi connectivity index (χ4v) is 4.23. The summed E-state index contributed by atoms with van der Waals surface area (Å²) in [5.74, 6) is 0. The Kier molecular flexibility index (Phi) is 4.96. The van der Waals surface area contributed by atoms with E-state index >= 15 is 0 Å². The summed E-state index contributed by atoms with van der Waals surface area (Å²) >= 11 is 6.17. The Morgan fingerprint density at radius 2 is 2.09 bits per heavy atom. The van der Waals surface area contributed by atoms with E-state index in [0.29, 0.717) is 31.1 Å². The van der Waals surface area contributed by atoms with Crippen LogP contribution in [-0.2, 0) is 21.2 Å². The van der Waals surface area contributed by atoms with Crippen LogP contribution < -0.4 is 0 Å². The zero-order valence-electron chi connectivity index (χ0n) is 12.4. The van der Waals surface area contributed by atoms with Crippen molar-refractivity contribution < 1.29 is 13.2 Å². The molecule has 2 aromatic rings. The minimum Gasteiger partial charge on any atom is -0.375 e. The summed E-state index contributed by atoms with van der Waals surface area (Å²) < 4.78 is 32.5. The number of halogens is 1. The van der Waals surface area contributed by atoms with Crippen LogP contribution in [0.3, 0.4) is 0 Å². The molecule has 5 nitrogen and oxygen atoms in total. The lowest BCUT2D eigenvalue weighted by Gasteiger charge is -2.32. The minimum absolute atomic E-state index is 0.207. The van der Waals surface area contributed by atoms with Gasteiger partial charge < -0.3 is 4.74 Å². The van der Waals surface area contributed by atoms with Gasteiger partial charge in [0.1, 0.15) is 4.90 Å². The van der Waals surface area contributed by atoms with E-state index in [0.717, 1.165) is 5.56 Å². The molecule has 1 aromatic heterocycles. The van der Waals surface area contributed by atoms with Crippen LogP contribution in [0.15, 0.2) is 53.7 Å². The molecular weight excluding hydrogens is 336 g/mol. The number of pyridine rings is 1. The van der Waals surface area contributed by atoms with E-state index in [9.17, 15) is 8.42 Å². The first kappa shape index (κ1) is 16.4. The summed E-state index contributed by atoms with van der Waals surface area (Å²) in [4.78, 5) is 4.10. The van der Waals surface area contributed by atoms with Crippen LogP contribution in [0.1, 0.15) is 5.56 Å². The monoisotopic (exact) mass is 352 g/mol. The predicted molar refractivity (Wildman–Crippen MR) is 87.9 cm³/mol. The molecule has 1 aliphatic rings. The number of sulfonamides is 1. The molecule has 0 saturated carbocycles. The summed E-state index contributed by atoms with van der Waals surface area (Å²) in [5.41, 5.74) is 0.958. The number of hydrogen-bond acceptors (Lipinski definition) is 4. The molecule has 122 valence electrons. The van der Waals surface area contributed by atoms with Gasteiger partial charge in [-0.2, -0.15) is 4.31 Å². The molecule has 1 saturated heterocycles. The minimum atomic E-state index is -3.54. The first-order valence-electron chi connectivity index (χ1n) is 7.32. The highest BCUT2D eigenvalue weighted by Gasteiger charge is 2.31. The number of ether oxygens (including phenoxy) is 1. The predicted octanol–water partition coefficient (Wildman–Crippen LogP) is 2.37. The Morgan fingerprint density at radius 1 is 1.26 bits per heavy atom. The van der Waals surface area contributed by atoms with Crippen molar-refractivity contribution in [3.8, 4) is 0 Å². The molecule has 1 fully saturated rings. The van der Waals surface area contributed by atoms with Crippen LogP contribution >= 0.6 is 11.6 Å². The molecule has 3 rings (SSSR count). The lowest BCUT2D eigenvalue weighted by atomic mass is 10.1. The zero-order valence-corrected chi connectivity index (χ0v) is 14.0. The fraction of sp³-hybridized carbons (Fsp3) is 0.312. The second kappa shape index (κ2) is 6.97. The molecule has 23 heavy (non-hydrogen) atoms. The zero-order chi connectivity index (χ0) is 16.3. The molecule has 0 aliphatic carbocycles. The van der Waals surface area contributed by atoms with Gasteiger partial charge in [0.2, 0.25) is 10.0 Å². The molecule has 1 atom stereocenters. The molecule has 0 spiro atoms. The second-order valence-corrected chi connectivity index (χ2v) is 7.69. The number of hydrogen-bond donors (Lipinski definition) is 0. The number of rotatable bonds is 4. The van der Waals surface area contributed by atoms with Crippen molar-refractivity contribution in [1.82, 2.24) is 9.29 Å². The first-order valence-corrected chi connectivity index (χ1v) is 9.14. The molecule has 0 amide bonds. The first-order chi connectivity index (χ1) is 11.1. The van der Waals surface area contributed by atoms with Gasteiger partial charge in [0.15, 0.2) is 0 Å². The molecule has 0 bridgehead atoms. The second-order valence-electron chi connectivity index (χ2n) is 5.34. The molecule has 1 aliphatic heterocycles. The van der Waals surface area contributed by atoms with Crippen LogP contribution in [0.25, 0.3) is 0 Å². The average Bonchev–Trinajstić information content (AvgIpc) is 2.58. The molecule has 2 heterocycles. The maximum absolute atomic E-state index is 12.7. The normalized spacial score (nSPS) is 19.6. The lowest BCUT2D eigenvalue weighted by Crippen LogP contribution is -2.46. The van der Waals surface area contributed by atoms with Gasteiger partial charge in [0.05, 0.1) is 12.7 Å². The molecule has 7 heteroatoms. The van der Waals surface area contributed by atoms with Crippen molar-refractivity contribution in [1.29, 1.82) is 0 Å². The summed E-state index contributed by atoms with van der Waals surface area (Å²) in [7, 11) is -3.54. The van der Waals surface area contributed by atoms with Gasteiger partial charge in [-0.05, 0) is 23.8 Å². The highest BCUT2D eigenvalue weighted by atomic mass is 35.5. The van der Waals surface area contributed by atoms with Crippen molar-refractivity contribution in [2.45, 2.75) is 17.4 Å². The van der Waals surface area contributed by atoms with Gasteiger partial charge in [0.25, 0.3) is 0 Å². The van der Waals surface area contributed by atoms with E-state index in [1.165, 1.54) is 10.5 Å². The SMILES string of the molecule is O=S(=O)(c1cccnc1)N1CCO[C@H](Cc2ccccc2Cl)C1. The molecular formula is C16H17ClN2O3S. The van der Waals surface area contributed by atoms with Crippen molar-refractivity contribution in [2.75, 3.05) is 19.7 Å². The number of benzene rings is 1. The summed E-state index contributed by atoms with van der Waals surface area (Å²) in [5, 5.41) is 0.670. The van der Waals surface area contributed by atoms with Crippen LogP contribution in [0, 0.1) is 0 Å². The quantitative estimate of drug-likeness (QED) is 0.847. The standard InChI is InChI=1S/C16H17ClN2O3S/c17-16-6-2-1-4-13(16)10-14-12-19(8-9-22-14)23(20,21)15-5-3-7-18-11-15/h1-7,11,14H,8-10,12H2/t14-/m1/s1. The van der Waals surface area contributed by atoms with E-state index < -0.39 is 10.0 Å². The third kappa shape index (κ3) is 3.72. The summed E-state index contributed by atoms with van der Waals surface area (Å²) in [6.45, 7) is 1.02. The Hall–Kier alpha value is -1.47. The van der Waals surface area contributed by atoms with Gasteiger partial charge in [0, 0.05) is 36.9 Å².